The lowest BCUT2D eigenvalue weighted by atomic mass is 10.1. The van der Waals surface area contributed by atoms with E-state index in [1.54, 1.807) is 24.3 Å². The number of rotatable bonds is 12. The molecule has 1 unspecified atom stereocenters. The number of esters is 1. The summed E-state index contributed by atoms with van der Waals surface area (Å²) < 4.78 is 10.2. The molecule has 5 nitrogen and oxygen atoms in total. The Morgan fingerprint density at radius 1 is 1.00 bits per heavy atom. The summed E-state index contributed by atoms with van der Waals surface area (Å²) >= 11 is 0. The summed E-state index contributed by atoms with van der Waals surface area (Å²) in [6, 6.07) is 6.31. The standard InChI is InChI=1S/C19H28O5/c1-3-4-5-6-7-8-9-10-17(18(20)21)24-16-13-11-15(12-14-16)19(22)23-2/h11-14,17H,3-10H2,1-2H3,(H,20,21). The van der Waals surface area contributed by atoms with Crippen molar-refractivity contribution in [3.05, 3.63) is 29.8 Å². The van der Waals surface area contributed by atoms with Crippen LogP contribution in [0.4, 0.5) is 0 Å². The predicted octanol–water partition coefficient (Wildman–Crippen LogP) is 4.45. The highest BCUT2D eigenvalue weighted by atomic mass is 16.5. The van der Waals surface area contributed by atoms with Gasteiger partial charge in [-0.3, -0.25) is 0 Å². The van der Waals surface area contributed by atoms with E-state index in [-0.39, 0.29) is 0 Å². The lowest BCUT2D eigenvalue weighted by molar-refractivity contribution is -0.145. The van der Waals surface area contributed by atoms with Crippen molar-refractivity contribution in [2.45, 2.75) is 64.4 Å². The summed E-state index contributed by atoms with van der Waals surface area (Å²) in [4.78, 5) is 22.7. The van der Waals surface area contributed by atoms with Crippen molar-refractivity contribution in [3.8, 4) is 5.75 Å². The van der Waals surface area contributed by atoms with E-state index in [1.807, 2.05) is 0 Å². The van der Waals surface area contributed by atoms with Crippen LogP contribution in [0.1, 0.15) is 68.6 Å². The van der Waals surface area contributed by atoms with E-state index in [1.165, 1.54) is 32.8 Å². The van der Waals surface area contributed by atoms with Crippen LogP contribution < -0.4 is 4.74 Å². The maximum absolute atomic E-state index is 11.4. The molecule has 24 heavy (non-hydrogen) atoms. The minimum Gasteiger partial charge on any atom is -0.479 e. The Balaban J connectivity index is 2.40. The predicted molar refractivity (Wildman–Crippen MR) is 92.4 cm³/mol. The van der Waals surface area contributed by atoms with E-state index in [2.05, 4.69) is 11.7 Å². The summed E-state index contributed by atoms with van der Waals surface area (Å²) in [5.74, 6) is -0.949. The molecule has 0 heterocycles. The molecule has 0 fully saturated rings. The number of methoxy groups -OCH3 is 1. The van der Waals surface area contributed by atoms with E-state index < -0.39 is 18.0 Å². The van der Waals surface area contributed by atoms with Crippen LogP contribution in [-0.2, 0) is 9.53 Å². The molecule has 0 saturated carbocycles. The van der Waals surface area contributed by atoms with Crippen molar-refractivity contribution >= 4 is 11.9 Å². The number of hydrogen-bond acceptors (Lipinski definition) is 4. The maximum atomic E-state index is 11.4. The third-order valence-electron chi connectivity index (χ3n) is 3.90. The second kappa shape index (κ2) is 11.5. The number of carbonyl (C=O) groups is 2. The zero-order valence-corrected chi connectivity index (χ0v) is 14.6. The van der Waals surface area contributed by atoms with Crippen LogP contribution in [0, 0.1) is 0 Å². The number of ether oxygens (including phenoxy) is 2. The van der Waals surface area contributed by atoms with Crippen molar-refractivity contribution in [3.63, 3.8) is 0 Å². The molecule has 0 aliphatic carbocycles. The zero-order chi connectivity index (χ0) is 17.8. The highest BCUT2D eigenvalue weighted by Gasteiger charge is 2.19. The van der Waals surface area contributed by atoms with Gasteiger partial charge in [-0.15, -0.1) is 0 Å². The first-order valence-electron chi connectivity index (χ1n) is 8.66. The summed E-state index contributed by atoms with van der Waals surface area (Å²) in [7, 11) is 1.31. The first-order valence-corrected chi connectivity index (χ1v) is 8.66. The van der Waals surface area contributed by atoms with Crippen LogP contribution >= 0.6 is 0 Å². The van der Waals surface area contributed by atoms with Crippen LogP contribution in [0.3, 0.4) is 0 Å². The molecule has 0 aliphatic heterocycles. The Morgan fingerprint density at radius 2 is 1.58 bits per heavy atom. The number of carboxylic acid groups (broad SMARTS) is 1. The van der Waals surface area contributed by atoms with Gasteiger partial charge in [-0.2, -0.15) is 0 Å². The molecule has 5 heteroatoms. The fourth-order valence-electron chi connectivity index (χ4n) is 2.47. The maximum Gasteiger partial charge on any atom is 0.344 e. The van der Waals surface area contributed by atoms with Crippen LogP contribution in [0.5, 0.6) is 5.75 Å². The average molecular weight is 336 g/mol. The van der Waals surface area contributed by atoms with Gasteiger partial charge in [0.2, 0.25) is 0 Å². The third-order valence-corrected chi connectivity index (χ3v) is 3.90. The van der Waals surface area contributed by atoms with Crippen molar-refractivity contribution in [2.24, 2.45) is 0 Å². The lowest BCUT2D eigenvalue weighted by Gasteiger charge is -2.15. The van der Waals surface area contributed by atoms with Gasteiger partial charge in [0, 0.05) is 0 Å². The highest BCUT2D eigenvalue weighted by Crippen LogP contribution is 2.18. The molecular formula is C19H28O5. The van der Waals surface area contributed by atoms with E-state index in [9.17, 15) is 14.7 Å². The molecule has 0 aromatic heterocycles. The second-order valence-corrected chi connectivity index (χ2v) is 5.87. The molecule has 1 aromatic rings. The molecule has 1 N–H and O–H groups in total. The largest absolute Gasteiger partial charge is 0.479 e. The van der Waals surface area contributed by atoms with Crippen molar-refractivity contribution < 1.29 is 24.2 Å². The normalized spacial score (nSPS) is 11.8. The lowest BCUT2D eigenvalue weighted by Crippen LogP contribution is -2.26. The molecule has 0 spiro atoms. The average Bonchev–Trinajstić information content (AvgIpc) is 2.59. The Morgan fingerprint density at radius 3 is 2.12 bits per heavy atom. The fourth-order valence-corrected chi connectivity index (χ4v) is 2.47. The molecule has 1 atom stereocenters. The van der Waals surface area contributed by atoms with Gasteiger partial charge in [-0.05, 0) is 37.1 Å². The van der Waals surface area contributed by atoms with Gasteiger partial charge in [0.25, 0.3) is 0 Å². The molecule has 0 amide bonds. The van der Waals surface area contributed by atoms with Gasteiger partial charge in [-0.1, -0.05) is 45.4 Å². The van der Waals surface area contributed by atoms with Crippen molar-refractivity contribution in [1.82, 2.24) is 0 Å². The van der Waals surface area contributed by atoms with E-state index in [0.29, 0.717) is 17.7 Å². The summed E-state index contributed by atoms with van der Waals surface area (Å²) in [6.45, 7) is 2.19. The van der Waals surface area contributed by atoms with Gasteiger partial charge in [0.15, 0.2) is 6.10 Å². The molecule has 0 saturated heterocycles. The zero-order valence-electron chi connectivity index (χ0n) is 14.6. The minimum atomic E-state index is -0.960. The van der Waals surface area contributed by atoms with Crippen LogP contribution in [-0.4, -0.2) is 30.3 Å². The smallest absolute Gasteiger partial charge is 0.344 e. The monoisotopic (exact) mass is 336 g/mol. The third kappa shape index (κ3) is 7.49. The van der Waals surface area contributed by atoms with Gasteiger partial charge in [0.1, 0.15) is 5.75 Å². The number of aliphatic carboxylic acids is 1. The summed E-state index contributed by atoms with van der Waals surface area (Å²) in [5.41, 5.74) is 0.406. The Hall–Kier alpha value is -2.04. The van der Waals surface area contributed by atoms with Crippen molar-refractivity contribution in [2.75, 3.05) is 7.11 Å². The number of benzene rings is 1. The van der Waals surface area contributed by atoms with Crippen LogP contribution in [0.25, 0.3) is 0 Å². The molecule has 1 rings (SSSR count). The van der Waals surface area contributed by atoms with Gasteiger partial charge in [0.05, 0.1) is 12.7 Å². The van der Waals surface area contributed by atoms with Gasteiger partial charge < -0.3 is 14.6 Å². The number of carboxylic acids is 1. The second-order valence-electron chi connectivity index (χ2n) is 5.87. The number of hydrogen-bond donors (Lipinski definition) is 1. The van der Waals surface area contributed by atoms with E-state index >= 15 is 0 Å². The summed E-state index contributed by atoms with van der Waals surface area (Å²) in [6.07, 6.45) is 7.59. The Kier molecular flexibility index (Phi) is 9.58. The van der Waals surface area contributed by atoms with E-state index in [4.69, 9.17) is 4.74 Å². The number of unbranched alkanes of at least 4 members (excludes halogenated alkanes) is 6. The van der Waals surface area contributed by atoms with E-state index in [0.717, 1.165) is 19.3 Å². The van der Waals surface area contributed by atoms with Gasteiger partial charge in [-0.25, -0.2) is 9.59 Å². The molecule has 134 valence electrons. The quantitative estimate of drug-likeness (QED) is 0.451. The molecule has 0 bridgehead atoms. The molecular weight excluding hydrogens is 308 g/mol. The molecule has 0 aliphatic rings. The van der Waals surface area contributed by atoms with Crippen LogP contribution in [0.2, 0.25) is 0 Å². The minimum absolute atomic E-state index is 0.406. The molecule has 0 radical (unpaired) electrons. The summed E-state index contributed by atoms with van der Waals surface area (Å²) in [5, 5.41) is 9.29. The van der Waals surface area contributed by atoms with Gasteiger partial charge >= 0.3 is 11.9 Å². The Labute approximate surface area is 144 Å². The highest BCUT2D eigenvalue weighted by molar-refractivity contribution is 5.89. The SMILES string of the molecule is CCCCCCCCCC(Oc1ccc(C(=O)OC)cc1)C(=O)O. The fraction of sp³-hybridized carbons (Fsp3) is 0.579. The first kappa shape index (κ1) is 20.0. The first-order chi connectivity index (χ1) is 11.6. The molecule has 1 aromatic carbocycles. The number of carbonyl (C=O) groups excluding carboxylic acids is 1. The topological polar surface area (TPSA) is 72.8 Å². The van der Waals surface area contributed by atoms with Crippen LogP contribution in [0.15, 0.2) is 24.3 Å². The Bertz CT molecular complexity index is 495. The van der Waals surface area contributed by atoms with Crippen molar-refractivity contribution in [1.29, 1.82) is 0 Å².